The van der Waals surface area contributed by atoms with Crippen LogP contribution < -0.4 is 5.56 Å². The predicted octanol–water partition coefficient (Wildman–Crippen LogP) is 0.122. The predicted molar refractivity (Wildman–Crippen MR) is 36.8 cm³/mol. The molecule has 0 aliphatic heterocycles. The van der Waals surface area contributed by atoms with Crippen molar-refractivity contribution in [2.45, 2.75) is 0 Å². The van der Waals surface area contributed by atoms with Crippen molar-refractivity contribution >= 4 is 17.6 Å². The maximum atomic E-state index is 10.7. The summed E-state index contributed by atoms with van der Waals surface area (Å²) >= 11 is 5.30. The Morgan fingerprint density at radius 2 is 2.36 bits per heavy atom. The van der Waals surface area contributed by atoms with Crippen molar-refractivity contribution in [3.63, 3.8) is 0 Å². The Labute approximate surface area is 65.7 Å². The van der Waals surface area contributed by atoms with Gasteiger partial charge in [-0.2, -0.15) is 0 Å². The molecule has 0 spiro atoms. The summed E-state index contributed by atoms with van der Waals surface area (Å²) in [5, 5.41) is 7.99. The van der Waals surface area contributed by atoms with Gasteiger partial charge in [0.25, 0.3) is 5.56 Å². The van der Waals surface area contributed by atoms with E-state index in [4.69, 9.17) is 16.7 Å². The molecule has 0 saturated heterocycles. The zero-order valence-electron chi connectivity index (χ0n) is 5.17. The molecule has 0 fully saturated rings. The van der Waals surface area contributed by atoms with Gasteiger partial charge in [-0.1, -0.05) is 11.6 Å². The maximum absolute atomic E-state index is 10.7. The number of aromatic nitrogens is 2. The monoisotopic (exact) mass is 174 g/mol. The summed E-state index contributed by atoms with van der Waals surface area (Å²) in [5.41, 5.74) is -1.09. The molecule has 0 aliphatic rings. The number of hydrogen-bond donors (Lipinski definition) is 2. The second-order valence-corrected chi connectivity index (χ2v) is 2.08. The molecule has 1 aromatic rings. The second-order valence-electron chi connectivity index (χ2n) is 1.70. The van der Waals surface area contributed by atoms with E-state index in [9.17, 15) is 9.59 Å². The van der Waals surface area contributed by atoms with E-state index in [2.05, 4.69) is 9.97 Å². The Morgan fingerprint density at radius 1 is 1.73 bits per heavy atom. The quantitative estimate of drug-likeness (QED) is 0.634. The van der Waals surface area contributed by atoms with Gasteiger partial charge in [0.15, 0.2) is 5.69 Å². The third-order valence-electron chi connectivity index (χ3n) is 0.999. The number of rotatable bonds is 1. The standard InChI is InChI=1S/C5H3ClN2O3/c6-2-3(5(10)11)7-1-8-4(2)9/h1H,(H,10,11)(H,7,8,9). The minimum atomic E-state index is -1.32. The number of H-pyrrole nitrogens is 1. The first kappa shape index (κ1) is 7.74. The number of carboxylic acid groups (broad SMARTS) is 1. The molecule has 0 aromatic carbocycles. The Hall–Kier alpha value is -1.36. The van der Waals surface area contributed by atoms with Gasteiger partial charge in [-0.3, -0.25) is 4.79 Å². The van der Waals surface area contributed by atoms with Crippen molar-refractivity contribution in [2.75, 3.05) is 0 Å². The molecule has 5 nitrogen and oxygen atoms in total. The molecule has 1 heterocycles. The minimum Gasteiger partial charge on any atom is -0.476 e. The van der Waals surface area contributed by atoms with E-state index < -0.39 is 22.2 Å². The van der Waals surface area contributed by atoms with Crippen LogP contribution in [0.25, 0.3) is 0 Å². The molecule has 1 aromatic heterocycles. The van der Waals surface area contributed by atoms with E-state index >= 15 is 0 Å². The van der Waals surface area contributed by atoms with Crippen LogP contribution in [0.1, 0.15) is 10.5 Å². The van der Waals surface area contributed by atoms with Crippen LogP contribution >= 0.6 is 11.6 Å². The average molecular weight is 175 g/mol. The Balaban J connectivity index is 3.39. The third kappa shape index (κ3) is 1.38. The van der Waals surface area contributed by atoms with Crippen LogP contribution in [-0.4, -0.2) is 21.0 Å². The van der Waals surface area contributed by atoms with E-state index in [1.54, 1.807) is 0 Å². The fraction of sp³-hybridized carbons (Fsp3) is 0. The number of nitrogens with zero attached hydrogens (tertiary/aromatic N) is 1. The van der Waals surface area contributed by atoms with E-state index in [1.807, 2.05) is 0 Å². The normalized spacial score (nSPS) is 9.55. The Morgan fingerprint density at radius 3 is 2.82 bits per heavy atom. The van der Waals surface area contributed by atoms with Crippen molar-refractivity contribution in [1.29, 1.82) is 0 Å². The molecule has 6 heteroatoms. The second kappa shape index (κ2) is 2.71. The van der Waals surface area contributed by atoms with Crippen LogP contribution in [0.2, 0.25) is 5.02 Å². The highest BCUT2D eigenvalue weighted by molar-refractivity contribution is 6.32. The lowest BCUT2D eigenvalue weighted by Gasteiger charge is -1.92. The largest absolute Gasteiger partial charge is 0.476 e. The first-order valence-electron chi connectivity index (χ1n) is 2.59. The molecule has 2 N–H and O–H groups in total. The van der Waals surface area contributed by atoms with Crippen LogP contribution in [0.4, 0.5) is 0 Å². The summed E-state index contributed by atoms with van der Waals surface area (Å²) in [5.74, 6) is -1.32. The smallest absolute Gasteiger partial charge is 0.356 e. The molecule has 11 heavy (non-hydrogen) atoms. The molecule has 0 atom stereocenters. The topological polar surface area (TPSA) is 83.0 Å². The van der Waals surface area contributed by atoms with Gasteiger partial charge >= 0.3 is 5.97 Å². The molecule has 0 amide bonds. The van der Waals surface area contributed by atoms with Crippen molar-refractivity contribution in [1.82, 2.24) is 9.97 Å². The molecular weight excluding hydrogens is 172 g/mol. The lowest BCUT2D eigenvalue weighted by Crippen LogP contribution is -2.13. The first-order chi connectivity index (χ1) is 5.13. The third-order valence-corrected chi connectivity index (χ3v) is 1.35. The van der Waals surface area contributed by atoms with Crippen molar-refractivity contribution in [3.8, 4) is 0 Å². The molecule has 1 rings (SSSR count). The highest BCUT2D eigenvalue weighted by Gasteiger charge is 2.11. The molecular formula is C5H3ClN2O3. The van der Waals surface area contributed by atoms with E-state index in [0.29, 0.717) is 0 Å². The summed E-state index contributed by atoms with van der Waals surface area (Å²) in [6.45, 7) is 0. The molecule has 0 aliphatic carbocycles. The minimum absolute atomic E-state index is 0.403. The van der Waals surface area contributed by atoms with Gasteiger partial charge in [0.2, 0.25) is 0 Å². The summed E-state index contributed by atoms with van der Waals surface area (Å²) in [4.78, 5) is 26.4. The van der Waals surface area contributed by atoms with Gasteiger partial charge in [0, 0.05) is 0 Å². The van der Waals surface area contributed by atoms with E-state index in [-0.39, 0.29) is 0 Å². The number of hydrogen-bond acceptors (Lipinski definition) is 3. The van der Waals surface area contributed by atoms with Gasteiger partial charge < -0.3 is 10.1 Å². The molecule has 0 bridgehead atoms. The van der Waals surface area contributed by atoms with Crippen LogP contribution in [0.15, 0.2) is 11.1 Å². The van der Waals surface area contributed by atoms with Crippen molar-refractivity contribution in [2.24, 2.45) is 0 Å². The fourth-order valence-corrected chi connectivity index (χ4v) is 0.716. The van der Waals surface area contributed by atoms with Crippen LogP contribution in [0.5, 0.6) is 0 Å². The number of nitrogens with one attached hydrogen (secondary N) is 1. The van der Waals surface area contributed by atoms with Crippen LogP contribution in [0, 0.1) is 0 Å². The number of aromatic carboxylic acids is 1. The number of aromatic amines is 1. The van der Waals surface area contributed by atoms with Gasteiger partial charge in [-0.05, 0) is 0 Å². The van der Waals surface area contributed by atoms with Crippen molar-refractivity contribution < 1.29 is 9.90 Å². The Bertz CT molecular complexity index is 346. The van der Waals surface area contributed by atoms with Gasteiger partial charge in [-0.25, -0.2) is 9.78 Å². The summed E-state index contributed by atoms with van der Waals surface area (Å²) < 4.78 is 0. The average Bonchev–Trinajstić information content (AvgIpc) is 1.94. The SMILES string of the molecule is O=C(O)c1nc[nH]c(=O)c1Cl. The summed E-state index contributed by atoms with van der Waals surface area (Å²) in [6, 6.07) is 0. The fourth-order valence-electron chi connectivity index (χ4n) is 0.532. The zero-order valence-corrected chi connectivity index (χ0v) is 5.92. The molecule has 0 saturated carbocycles. The number of halogens is 1. The molecule has 0 radical (unpaired) electrons. The highest BCUT2D eigenvalue weighted by Crippen LogP contribution is 2.04. The number of carboxylic acids is 1. The molecule has 58 valence electrons. The number of carbonyl (C=O) groups is 1. The van der Waals surface area contributed by atoms with Crippen molar-refractivity contribution in [3.05, 3.63) is 27.4 Å². The van der Waals surface area contributed by atoms with Crippen LogP contribution in [0.3, 0.4) is 0 Å². The Kier molecular flexibility index (Phi) is 1.91. The first-order valence-corrected chi connectivity index (χ1v) is 2.97. The van der Waals surface area contributed by atoms with Gasteiger partial charge in [-0.15, -0.1) is 0 Å². The summed E-state index contributed by atoms with van der Waals surface area (Å²) in [7, 11) is 0. The molecule has 0 unspecified atom stereocenters. The van der Waals surface area contributed by atoms with Crippen LogP contribution in [-0.2, 0) is 0 Å². The van der Waals surface area contributed by atoms with Gasteiger partial charge in [0.05, 0.1) is 6.33 Å². The summed E-state index contributed by atoms with van der Waals surface area (Å²) in [6.07, 6.45) is 0.984. The zero-order chi connectivity index (χ0) is 8.43. The highest BCUT2D eigenvalue weighted by atomic mass is 35.5. The lowest BCUT2D eigenvalue weighted by molar-refractivity contribution is 0.0690. The van der Waals surface area contributed by atoms with E-state index in [0.717, 1.165) is 6.33 Å². The van der Waals surface area contributed by atoms with E-state index in [1.165, 1.54) is 0 Å². The lowest BCUT2D eigenvalue weighted by atomic mass is 10.4. The van der Waals surface area contributed by atoms with Gasteiger partial charge in [0.1, 0.15) is 5.02 Å². The maximum Gasteiger partial charge on any atom is 0.356 e.